The summed E-state index contributed by atoms with van der Waals surface area (Å²) in [5.74, 6) is 0.246. The number of nitrogens with two attached hydrogens (primary N) is 1. The number of methoxy groups -OCH3 is 1. The van der Waals surface area contributed by atoms with E-state index >= 15 is 0 Å². The van der Waals surface area contributed by atoms with Gasteiger partial charge in [-0.25, -0.2) is 13.1 Å². The van der Waals surface area contributed by atoms with Crippen LogP contribution in [0.5, 0.6) is 5.75 Å². The molecule has 7 heteroatoms. The van der Waals surface area contributed by atoms with Crippen molar-refractivity contribution < 1.29 is 13.2 Å². The molecule has 3 N–H and O–H groups in total. The van der Waals surface area contributed by atoms with Crippen LogP contribution in [-0.4, -0.2) is 15.5 Å². The molecule has 0 aliphatic heterocycles. The summed E-state index contributed by atoms with van der Waals surface area (Å²) >= 11 is 0. The molecule has 0 saturated carbocycles. The summed E-state index contributed by atoms with van der Waals surface area (Å²) in [6.07, 6.45) is 1.35. The number of hydrogen-bond donors (Lipinski definition) is 2. The van der Waals surface area contributed by atoms with E-state index in [1.165, 1.54) is 31.5 Å². The number of nitrogens with zero attached hydrogens (tertiary/aromatic N) is 1. The highest BCUT2D eigenvalue weighted by atomic mass is 32.2. The summed E-state index contributed by atoms with van der Waals surface area (Å²) in [5.41, 5.74) is 5.84. The molecular weight excluding hydrogens is 218 g/mol. The van der Waals surface area contributed by atoms with Gasteiger partial charge >= 0.3 is 0 Å². The van der Waals surface area contributed by atoms with Crippen molar-refractivity contribution in [2.75, 3.05) is 12.8 Å². The van der Waals surface area contributed by atoms with Crippen LogP contribution < -0.4 is 15.2 Å². The highest BCUT2D eigenvalue weighted by Crippen LogP contribution is 2.24. The third-order valence-corrected chi connectivity index (χ3v) is 2.93. The molecule has 0 aromatic heterocycles. The average molecular weight is 227 g/mol. The summed E-state index contributed by atoms with van der Waals surface area (Å²) in [7, 11) is -2.43. The number of hydrogen-bond acceptors (Lipinski definition) is 5. The Balaban J connectivity index is 3.24. The van der Waals surface area contributed by atoms with Crippen molar-refractivity contribution >= 4 is 15.7 Å². The SMILES string of the molecule is COc1cc(S(=O)(=O)NC#N)ccc1N. The Morgan fingerprint density at radius 2 is 2.20 bits per heavy atom. The molecule has 0 saturated heterocycles. The lowest BCUT2D eigenvalue weighted by Gasteiger charge is -2.06. The number of ether oxygens (including phenoxy) is 1. The molecule has 1 rings (SSSR count). The Bertz CT molecular complexity index is 504. The van der Waals surface area contributed by atoms with Crippen molar-refractivity contribution in [3.63, 3.8) is 0 Å². The number of rotatable bonds is 3. The van der Waals surface area contributed by atoms with Gasteiger partial charge in [0, 0.05) is 6.07 Å². The third kappa shape index (κ3) is 2.30. The number of sulfonamides is 1. The molecule has 6 nitrogen and oxygen atoms in total. The summed E-state index contributed by atoms with van der Waals surface area (Å²) in [6, 6.07) is 3.93. The van der Waals surface area contributed by atoms with Crippen molar-refractivity contribution in [1.29, 1.82) is 5.26 Å². The summed E-state index contributed by atoms with van der Waals surface area (Å²) < 4.78 is 29.3. The van der Waals surface area contributed by atoms with Gasteiger partial charge in [0.25, 0.3) is 10.0 Å². The molecule has 80 valence electrons. The van der Waals surface area contributed by atoms with Gasteiger partial charge in [0.15, 0.2) is 6.19 Å². The van der Waals surface area contributed by atoms with Gasteiger partial charge < -0.3 is 10.5 Å². The zero-order valence-electron chi connectivity index (χ0n) is 7.89. The minimum atomic E-state index is -3.81. The van der Waals surface area contributed by atoms with Crippen LogP contribution in [0.15, 0.2) is 23.1 Å². The van der Waals surface area contributed by atoms with Gasteiger partial charge in [-0.1, -0.05) is 0 Å². The molecule has 0 atom stereocenters. The normalized spacial score (nSPS) is 10.4. The first-order valence-corrected chi connectivity index (χ1v) is 5.34. The van der Waals surface area contributed by atoms with E-state index in [9.17, 15) is 8.42 Å². The quantitative estimate of drug-likeness (QED) is 0.431. The van der Waals surface area contributed by atoms with E-state index in [0.717, 1.165) is 0 Å². The van der Waals surface area contributed by atoms with Crippen molar-refractivity contribution in [1.82, 2.24) is 4.72 Å². The molecule has 0 aliphatic rings. The highest BCUT2D eigenvalue weighted by Gasteiger charge is 2.14. The summed E-state index contributed by atoms with van der Waals surface area (Å²) in [6.45, 7) is 0. The van der Waals surface area contributed by atoms with Crippen LogP contribution in [0.3, 0.4) is 0 Å². The van der Waals surface area contributed by atoms with Crippen molar-refractivity contribution in [2.45, 2.75) is 4.90 Å². The van der Waals surface area contributed by atoms with E-state index in [1.807, 2.05) is 0 Å². The summed E-state index contributed by atoms with van der Waals surface area (Å²) in [5, 5.41) is 8.25. The zero-order valence-corrected chi connectivity index (χ0v) is 8.71. The Kier molecular flexibility index (Phi) is 3.01. The van der Waals surface area contributed by atoms with Crippen molar-refractivity contribution in [3.8, 4) is 11.9 Å². The molecule has 0 fully saturated rings. The van der Waals surface area contributed by atoms with Crippen LogP contribution in [0.1, 0.15) is 0 Å². The first kappa shape index (κ1) is 11.1. The van der Waals surface area contributed by atoms with Gasteiger partial charge in [-0.2, -0.15) is 5.26 Å². The lowest BCUT2D eigenvalue weighted by molar-refractivity contribution is 0.415. The average Bonchev–Trinajstić information content (AvgIpc) is 2.18. The van der Waals surface area contributed by atoms with Crippen molar-refractivity contribution in [3.05, 3.63) is 18.2 Å². The Morgan fingerprint density at radius 3 is 2.73 bits per heavy atom. The van der Waals surface area contributed by atoms with Gasteiger partial charge in [0.05, 0.1) is 17.7 Å². The zero-order chi connectivity index (χ0) is 11.5. The lowest BCUT2D eigenvalue weighted by atomic mass is 10.3. The highest BCUT2D eigenvalue weighted by molar-refractivity contribution is 7.89. The van der Waals surface area contributed by atoms with Gasteiger partial charge in [0.2, 0.25) is 0 Å². The maximum absolute atomic E-state index is 11.4. The van der Waals surface area contributed by atoms with Gasteiger partial charge in [-0.3, -0.25) is 0 Å². The van der Waals surface area contributed by atoms with E-state index < -0.39 is 10.0 Å². The van der Waals surface area contributed by atoms with Crippen LogP contribution >= 0.6 is 0 Å². The van der Waals surface area contributed by atoms with Gasteiger partial charge in [-0.05, 0) is 12.1 Å². The number of benzene rings is 1. The predicted octanol–water partition coefficient (Wildman–Crippen LogP) is 0.0368. The van der Waals surface area contributed by atoms with Crippen LogP contribution in [0, 0.1) is 11.5 Å². The van der Waals surface area contributed by atoms with Gasteiger partial charge in [-0.15, -0.1) is 0 Å². The number of nitrogens with one attached hydrogen (secondary N) is 1. The first-order chi connectivity index (χ1) is 7.01. The predicted molar refractivity (Wildman–Crippen MR) is 53.3 cm³/mol. The molecule has 1 aromatic carbocycles. The summed E-state index contributed by atoms with van der Waals surface area (Å²) in [4.78, 5) is -0.0740. The fraction of sp³-hybridized carbons (Fsp3) is 0.125. The standard InChI is InChI=1S/C8H9N3O3S/c1-14-8-4-6(2-3-7(8)10)15(12,13)11-5-9/h2-4,11H,10H2,1H3. The van der Waals surface area contributed by atoms with E-state index in [1.54, 1.807) is 4.72 Å². The monoisotopic (exact) mass is 227 g/mol. The van der Waals surface area contributed by atoms with E-state index in [2.05, 4.69) is 0 Å². The smallest absolute Gasteiger partial charge is 0.270 e. The second-order valence-corrected chi connectivity index (χ2v) is 4.30. The molecule has 0 amide bonds. The topological polar surface area (TPSA) is 105 Å². The molecule has 15 heavy (non-hydrogen) atoms. The molecule has 0 aliphatic carbocycles. The number of nitrogen functional groups attached to an aromatic ring is 1. The first-order valence-electron chi connectivity index (χ1n) is 3.85. The second kappa shape index (κ2) is 4.06. The number of anilines is 1. The largest absolute Gasteiger partial charge is 0.495 e. The molecule has 1 aromatic rings. The second-order valence-electron chi connectivity index (χ2n) is 2.62. The third-order valence-electron chi connectivity index (χ3n) is 1.70. The number of nitriles is 1. The molecule has 0 spiro atoms. The minimum Gasteiger partial charge on any atom is -0.495 e. The van der Waals surface area contributed by atoms with Crippen LogP contribution in [0.2, 0.25) is 0 Å². The Labute approximate surface area is 87.3 Å². The lowest BCUT2D eigenvalue weighted by Crippen LogP contribution is -2.18. The Hall–Kier alpha value is -1.94. The fourth-order valence-electron chi connectivity index (χ4n) is 0.978. The van der Waals surface area contributed by atoms with E-state index in [0.29, 0.717) is 5.69 Å². The van der Waals surface area contributed by atoms with Crippen LogP contribution in [0.25, 0.3) is 0 Å². The minimum absolute atomic E-state index is 0.0740. The molecular formula is C8H9N3O3S. The van der Waals surface area contributed by atoms with Crippen LogP contribution in [0.4, 0.5) is 5.69 Å². The molecule has 0 unspecified atom stereocenters. The van der Waals surface area contributed by atoms with E-state index in [-0.39, 0.29) is 10.6 Å². The molecule has 0 bridgehead atoms. The van der Waals surface area contributed by atoms with Gasteiger partial charge in [0.1, 0.15) is 5.75 Å². The Morgan fingerprint density at radius 1 is 1.53 bits per heavy atom. The van der Waals surface area contributed by atoms with Crippen molar-refractivity contribution in [2.24, 2.45) is 0 Å². The van der Waals surface area contributed by atoms with Crippen LogP contribution in [-0.2, 0) is 10.0 Å². The molecule has 0 heterocycles. The fourth-order valence-corrected chi connectivity index (χ4v) is 1.73. The van der Waals surface area contributed by atoms with E-state index in [4.69, 9.17) is 15.7 Å². The maximum atomic E-state index is 11.4. The maximum Gasteiger partial charge on any atom is 0.270 e. The molecule has 0 radical (unpaired) electrons.